The smallest absolute Gasteiger partial charge is 0.312 e. The number of hydrogen-bond acceptors (Lipinski definition) is 5. The summed E-state index contributed by atoms with van der Waals surface area (Å²) in [5.74, 6) is 1.78. The topological polar surface area (TPSA) is 44.8 Å². The summed E-state index contributed by atoms with van der Waals surface area (Å²) in [6.07, 6.45) is 0.368. The first-order valence-corrected chi connectivity index (χ1v) is 6.87. The Kier molecular flexibility index (Phi) is 2.29. The summed E-state index contributed by atoms with van der Waals surface area (Å²) in [6.45, 7) is 0.218. The molecule has 0 saturated carbocycles. The fourth-order valence-corrected chi connectivity index (χ4v) is 3.33. The van der Waals surface area contributed by atoms with Gasteiger partial charge in [0.05, 0.1) is 6.42 Å². The van der Waals surface area contributed by atoms with Gasteiger partial charge in [-0.25, -0.2) is 0 Å². The molecule has 3 heterocycles. The number of esters is 1. The van der Waals surface area contributed by atoms with Crippen LogP contribution < -0.4 is 14.2 Å². The Hall–Kier alpha value is -2.01. The van der Waals surface area contributed by atoms with Crippen molar-refractivity contribution in [1.29, 1.82) is 0 Å². The Labute approximate surface area is 113 Å². The second-order valence-electron chi connectivity index (χ2n) is 4.49. The van der Waals surface area contributed by atoms with E-state index in [0.717, 1.165) is 16.2 Å². The minimum atomic E-state index is -0.204. The van der Waals surface area contributed by atoms with E-state index in [0.29, 0.717) is 17.9 Å². The monoisotopic (exact) mass is 274 g/mol. The van der Waals surface area contributed by atoms with E-state index in [1.807, 2.05) is 23.6 Å². The number of benzene rings is 1. The highest BCUT2D eigenvalue weighted by atomic mass is 32.1. The predicted molar refractivity (Wildman–Crippen MR) is 69.0 cm³/mol. The van der Waals surface area contributed by atoms with Gasteiger partial charge in [0.25, 0.3) is 0 Å². The fourth-order valence-electron chi connectivity index (χ4n) is 2.48. The van der Waals surface area contributed by atoms with Crippen LogP contribution in [0.15, 0.2) is 29.6 Å². The number of thiophene rings is 1. The minimum Gasteiger partial charge on any atom is -0.454 e. The molecule has 0 unspecified atom stereocenters. The lowest BCUT2D eigenvalue weighted by Crippen LogP contribution is -2.20. The highest BCUT2D eigenvalue weighted by Crippen LogP contribution is 2.46. The first-order chi connectivity index (χ1) is 9.31. The van der Waals surface area contributed by atoms with Crippen molar-refractivity contribution in [3.8, 4) is 17.2 Å². The standard InChI is InChI=1S/C14H10O4S/c15-14-5-9(13-2-1-3-19-13)8-4-11-12(17-7-16-11)6-10(8)18-14/h1-4,6,9H,5,7H2/t9-/m0/s1. The molecule has 1 aromatic heterocycles. The summed E-state index contributed by atoms with van der Waals surface area (Å²) in [5.41, 5.74) is 0.992. The molecular weight excluding hydrogens is 264 g/mol. The summed E-state index contributed by atoms with van der Waals surface area (Å²) in [5, 5.41) is 2.02. The molecule has 2 aliphatic heterocycles. The van der Waals surface area contributed by atoms with Gasteiger partial charge in [-0.05, 0) is 17.5 Å². The molecule has 0 aliphatic carbocycles. The molecule has 5 heteroatoms. The zero-order valence-electron chi connectivity index (χ0n) is 9.92. The van der Waals surface area contributed by atoms with Crippen molar-refractivity contribution in [2.75, 3.05) is 6.79 Å². The van der Waals surface area contributed by atoms with Crippen LogP contribution in [0.25, 0.3) is 0 Å². The van der Waals surface area contributed by atoms with Crippen molar-refractivity contribution in [1.82, 2.24) is 0 Å². The third-order valence-corrected chi connectivity index (χ3v) is 4.35. The molecule has 2 aromatic rings. The minimum absolute atomic E-state index is 0.0470. The molecule has 1 aromatic carbocycles. The molecule has 0 radical (unpaired) electrons. The van der Waals surface area contributed by atoms with Crippen LogP contribution in [-0.4, -0.2) is 12.8 Å². The number of ether oxygens (including phenoxy) is 3. The molecule has 96 valence electrons. The van der Waals surface area contributed by atoms with E-state index in [9.17, 15) is 4.79 Å². The van der Waals surface area contributed by atoms with Gasteiger partial charge in [0.2, 0.25) is 6.79 Å². The lowest BCUT2D eigenvalue weighted by molar-refractivity contribution is -0.135. The number of hydrogen-bond donors (Lipinski definition) is 0. The molecule has 2 aliphatic rings. The summed E-state index contributed by atoms with van der Waals surface area (Å²) >= 11 is 1.65. The molecule has 0 amide bonds. The molecule has 1 atom stereocenters. The van der Waals surface area contributed by atoms with Gasteiger partial charge in [-0.2, -0.15) is 0 Å². The third kappa shape index (κ3) is 1.69. The van der Waals surface area contributed by atoms with Gasteiger partial charge in [-0.3, -0.25) is 4.79 Å². The van der Waals surface area contributed by atoms with E-state index in [-0.39, 0.29) is 18.7 Å². The maximum Gasteiger partial charge on any atom is 0.312 e. The van der Waals surface area contributed by atoms with E-state index in [2.05, 4.69) is 0 Å². The number of carbonyl (C=O) groups excluding carboxylic acids is 1. The van der Waals surface area contributed by atoms with Gasteiger partial charge in [0.1, 0.15) is 5.75 Å². The Balaban J connectivity index is 1.87. The zero-order chi connectivity index (χ0) is 12.8. The third-order valence-electron chi connectivity index (χ3n) is 3.36. The largest absolute Gasteiger partial charge is 0.454 e. The zero-order valence-corrected chi connectivity index (χ0v) is 10.7. The van der Waals surface area contributed by atoms with Crippen LogP contribution in [0.3, 0.4) is 0 Å². The lowest BCUT2D eigenvalue weighted by Gasteiger charge is -2.23. The van der Waals surface area contributed by atoms with Crippen molar-refractivity contribution in [3.63, 3.8) is 0 Å². The van der Waals surface area contributed by atoms with Crippen molar-refractivity contribution in [2.24, 2.45) is 0 Å². The number of carbonyl (C=O) groups is 1. The van der Waals surface area contributed by atoms with Crippen molar-refractivity contribution < 1.29 is 19.0 Å². The number of rotatable bonds is 1. The van der Waals surface area contributed by atoms with E-state index >= 15 is 0 Å². The van der Waals surface area contributed by atoms with Gasteiger partial charge in [0.15, 0.2) is 11.5 Å². The Morgan fingerprint density at radius 3 is 2.79 bits per heavy atom. The van der Waals surface area contributed by atoms with E-state index in [1.165, 1.54) is 0 Å². The van der Waals surface area contributed by atoms with Gasteiger partial charge >= 0.3 is 5.97 Å². The molecule has 4 nitrogen and oxygen atoms in total. The molecule has 0 fully saturated rings. The van der Waals surface area contributed by atoms with Crippen molar-refractivity contribution in [3.05, 3.63) is 40.1 Å². The molecule has 0 bridgehead atoms. The molecule has 19 heavy (non-hydrogen) atoms. The van der Waals surface area contributed by atoms with Gasteiger partial charge in [-0.1, -0.05) is 6.07 Å². The first kappa shape index (κ1) is 10.9. The Morgan fingerprint density at radius 2 is 2.00 bits per heavy atom. The highest BCUT2D eigenvalue weighted by molar-refractivity contribution is 7.10. The van der Waals surface area contributed by atoms with Crippen molar-refractivity contribution in [2.45, 2.75) is 12.3 Å². The Morgan fingerprint density at radius 1 is 1.16 bits per heavy atom. The second-order valence-corrected chi connectivity index (χ2v) is 5.47. The van der Waals surface area contributed by atoms with Crippen LogP contribution in [-0.2, 0) is 4.79 Å². The molecule has 4 rings (SSSR count). The molecule has 0 saturated heterocycles. The van der Waals surface area contributed by atoms with Crippen LogP contribution in [0.4, 0.5) is 0 Å². The van der Waals surface area contributed by atoms with Crippen LogP contribution in [0.5, 0.6) is 17.2 Å². The average Bonchev–Trinajstić information content (AvgIpc) is 3.06. The normalized spacial score (nSPS) is 20.0. The Bertz CT molecular complexity index is 648. The van der Waals surface area contributed by atoms with Crippen molar-refractivity contribution >= 4 is 17.3 Å². The fraction of sp³-hybridized carbons (Fsp3) is 0.214. The highest BCUT2D eigenvalue weighted by Gasteiger charge is 2.31. The summed E-state index contributed by atoms with van der Waals surface area (Å²) in [4.78, 5) is 12.9. The SMILES string of the molecule is O=C1C[C@H](c2cccs2)c2cc3c(cc2O1)OCO3. The molecule has 0 spiro atoms. The van der Waals surface area contributed by atoms with E-state index in [1.54, 1.807) is 17.4 Å². The van der Waals surface area contributed by atoms with Crippen LogP contribution in [0.1, 0.15) is 22.8 Å². The van der Waals surface area contributed by atoms with Crippen LogP contribution >= 0.6 is 11.3 Å². The van der Waals surface area contributed by atoms with Crippen LogP contribution in [0.2, 0.25) is 0 Å². The molecule has 0 N–H and O–H groups in total. The van der Waals surface area contributed by atoms with E-state index < -0.39 is 0 Å². The quantitative estimate of drug-likeness (QED) is 0.592. The van der Waals surface area contributed by atoms with E-state index in [4.69, 9.17) is 14.2 Å². The maximum absolute atomic E-state index is 11.7. The summed E-state index contributed by atoms with van der Waals surface area (Å²) in [6, 6.07) is 7.71. The van der Waals surface area contributed by atoms with Gasteiger partial charge in [-0.15, -0.1) is 11.3 Å². The second kappa shape index (κ2) is 3.99. The summed E-state index contributed by atoms with van der Waals surface area (Å²) in [7, 11) is 0. The average molecular weight is 274 g/mol. The predicted octanol–water partition coefficient (Wildman–Crippen LogP) is 2.92. The molecular formula is C14H10O4S. The van der Waals surface area contributed by atoms with Crippen LogP contribution in [0, 0.1) is 0 Å². The summed E-state index contributed by atoms with van der Waals surface area (Å²) < 4.78 is 16.0. The maximum atomic E-state index is 11.7. The van der Waals surface area contributed by atoms with Gasteiger partial charge < -0.3 is 14.2 Å². The number of fused-ring (bicyclic) bond motifs is 2. The first-order valence-electron chi connectivity index (χ1n) is 5.99. The van der Waals surface area contributed by atoms with Gasteiger partial charge in [0, 0.05) is 22.4 Å². The lowest BCUT2D eigenvalue weighted by atomic mass is 9.91.